The van der Waals surface area contributed by atoms with Gasteiger partial charge in [0.1, 0.15) is 11.5 Å². The van der Waals surface area contributed by atoms with Crippen LogP contribution in [-0.2, 0) is 4.79 Å². The number of hydrogen-bond donors (Lipinski definition) is 2. The summed E-state index contributed by atoms with van der Waals surface area (Å²) in [5, 5.41) is 11.2. The number of aliphatic hydroxyl groups is 1. The maximum absolute atomic E-state index is 12.9. The van der Waals surface area contributed by atoms with Crippen LogP contribution < -0.4 is 19.1 Å². The zero-order valence-corrected chi connectivity index (χ0v) is 21.3. The first-order valence-electron chi connectivity index (χ1n) is 13.1. The number of aliphatic hydroxyl groups excluding tert-OH is 1. The highest BCUT2D eigenvalue weighted by Gasteiger charge is 2.30. The normalized spacial score (nSPS) is 16.8. The molecule has 2 aliphatic heterocycles. The van der Waals surface area contributed by atoms with Crippen LogP contribution in [-0.4, -0.2) is 49.2 Å². The fraction of sp³-hybridized carbons (Fsp3) is 0.517. The number of ketones is 2. The van der Waals surface area contributed by atoms with Crippen LogP contribution in [0.2, 0.25) is 0 Å². The summed E-state index contributed by atoms with van der Waals surface area (Å²) in [6.45, 7) is 7.01. The number of ether oxygens (including phenoxy) is 3. The van der Waals surface area contributed by atoms with Gasteiger partial charge in [-0.3, -0.25) is 9.59 Å². The summed E-state index contributed by atoms with van der Waals surface area (Å²) in [7, 11) is 0. The zero-order chi connectivity index (χ0) is 25.5. The summed E-state index contributed by atoms with van der Waals surface area (Å²) in [4.78, 5) is 26.9. The van der Waals surface area contributed by atoms with E-state index in [2.05, 4.69) is 0 Å². The second kappa shape index (κ2) is 12.4. The molecule has 2 heterocycles. The molecule has 36 heavy (non-hydrogen) atoms. The van der Waals surface area contributed by atoms with E-state index in [-0.39, 0.29) is 30.4 Å². The Bertz CT molecular complexity index is 1030. The molecule has 1 fully saturated rings. The molecule has 0 amide bonds. The number of nitrogens with one attached hydrogen (secondary N) is 1. The Hall–Kier alpha value is -2.90. The molecule has 2 N–H and O–H groups in total. The molecular weight excluding hydrogens is 458 g/mol. The molecule has 7 heteroatoms. The summed E-state index contributed by atoms with van der Waals surface area (Å²) in [6.07, 6.45) is 3.15. The Kier molecular flexibility index (Phi) is 8.99. The standard InChI is InChI=1S/C29H37NO6/c1-20(2)36-25-11-8-21(9-12-25)26(32)7-5-6-24(31)16-23(18-30-14-3-4-15-30)29(33)22-10-13-27-28(17-22)35-19-34-27/h8-13,17,20,23,29,33H,3-7,14-16,18-19H2,1-2H3/p+1/t23-,29-/m1/s1. The Labute approximate surface area is 213 Å². The van der Waals surface area contributed by atoms with Gasteiger partial charge in [-0.1, -0.05) is 6.07 Å². The maximum atomic E-state index is 12.9. The van der Waals surface area contributed by atoms with Crippen LogP contribution >= 0.6 is 0 Å². The van der Waals surface area contributed by atoms with Crippen molar-refractivity contribution in [3.05, 3.63) is 53.6 Å². The van der Waals surface area contributed by atoms with Crippen LogP contribution in [0.1, 0.15) is 74.4 Å². The average Bonchev–Trinajstić information content (AvgIpc) is 3.54. The third-order valence-electron chi connectivity index (χ3n) is 6.94. The largest absolute Gasteiger partial charge is 0.491 e. The van der Waals surface area contributed by atoms with Crippen molar-refractivity contribution in [2.75, 3.05) is 26.4 Å². The van der Waals surface area contributed by atoms with E-state index in [0.717, 1.165) is 30.9 Å². The highest BCUT2D eigenvalue weighted by Crippen LogP contribution is 2.36. The molecule has 0 aromatic heterocycles. The van der Waals surface area contributed by atoms with E-state index in [1.807, 2.05) is 32.0 Å². The van der Waals surface area contributed by atoms with Crippen molar-refractivity contribution < 1.29 is 33.8 Å². The number of Topliss-reactive ketones (excluding diaryl/α,β-unsaturated/α-hetero) is 2. The van der Waals surface area contributed by atoms with Gasteiger partial charge in [0.15, 0.2) is 17.3 Å². The van der Waals surface area contributed by atoms with E-state index in [9.17, 15) is 14.7 Å². The van der Waals surface area contributed by atoms with Crippen LogP contribution in [0.4, 0.5) is 0 Å². The molecular formula is C29H38NO6+. The highest BCUT2D eigenvalue weighted by atomic mass is 16.7. The zero-order valence-electron chi connectivity index (χ0n) is 21.3. The quantitative estimate of drug-likeness (QED) is 0.413. The van der Waals surface area contributed by atoms with Crippen molar-refractivity contribution in [1.29, 1.82) is 0 Å². The van der Waals surface area contributed by atoms with Crippen molar-refractivity contribution in [2.24, 2.45) is 5.92 Å². The van der Waals surface area contributed by atoms with Gasteiger partial charge in [0.05, 0.1) is 31.8 Å². The second-order valence-corrected chi connectivity index (χ2v) is 10.2. The molecule has 7 nitrogen and oxygen atoms in total. The summed E-state index contributed by atoms with van der Waals surface area (Å²) in [5.74, 6) is 1.98. The highest BCUT2D eigenvalue weighted by molar-refractivity contribution is 5.96. The van der Waals surface area contributed by atoms with Crippen LogP contribution in [0.3, 0.4) is 0 Å². The molecule has 2 aliphatic rings. The number of carbonyl (C=O) groups excluding carboxylic acids is 2. The molecule has 0 spiro atoms. The van der Waals surface area contributed by atoms with Gasteiger partial charge in [0.25, 0.3) is 0 Å². The molecule has 0 radical (unpaired) electrons. The SMILES string of the molecule is CC(C)Oc1ccc(C(=O)CCCC(=O)C[C@H](C[NH+]2CCCC2)[C@H](O)c2ccc3c(c2)OCO3)cc1. The molecule has 2 aromatic rings. The minimum Gasteiger partial charge on any atom is -0.491 e. The van der Waals surface area contributed by atoms with Gasteiger partial charge in [0.2, 0.25) is 6.79 Å². The van der Waals surface area contributed by atoms with Gasteiger partial charge in [-0.2, -0.15) is 0 Å². The molecule has 0 unspecified atom stereocenters. The number of quaternary nitrogens is 1. The number of carbonyl (C=O) groups is 2. The van der Waals surface area contributed by atoms with Gasteiger partial charge < -0.3 is 24.2 Å². The van der Waals surface area contributed by atoms with Gasteiger partial charge in [0, 0.05) is 43.6 Å². The Morgan fingerprint density at radius 3 is 2.44 bits per heavy atom. The van der Waals surface area contributed by atoms with Crippen LogP contribution in [0.25, 0.3) is 0 Å². The smallest absolute Gasteiger partial charge is 0.231 e. The molecule has 2 atom stereocenters. The Morgan fingerprint density at radius 1 is 1.00 bits per heavy atom. The minimum absolute atomic E-state index is 0.0253. The summed E-state index contributed by atoms with van der Waals surface area (Å²) in [5.41, 5.74) is 1.38. The predicted octanol–water partition coefficient (Wildman–Crippen LogP) is 3.54. The third kappa shape index (κ3) is 7.08. The first-order chi connectivity index (χ1) is 17.4. The van der Waals surface area contributed by atoms with Gasteiger partial charge in [-0.05, 0) is 62.2 Å². The lowest BCUT2D eigenvalue weighted by Gasteiger charge is -2.25. The lowest BCUT2D eigenvalue weighted by molar-refractivity contribution is -0.891. The minimum atomic E-state index is -0.759. The summed E-state index contributed by atoms with van der Waals surface area (Å²) >= 11 is 0. The average molecular weight is 497 g/mol. The number of rotatable bonds is 13. The molecule has 0 saturated carbocycles. The van der Waals surface area contributed by atoms with E-state index in [4.69, 9.17) is 14.2 Å². The molecule has 194 valence electrons. The fourth-order valence-electron chi connectivity index (χ4n) is 5.09. The maximum Gasteiger partial charge on any atom is 0.231 e. The van der Waals surface area contributed by atoms with Crippen molar-refractivity contribution in [3.63, 3.8) is 0 Å². The van der Waals surface area contributed by atoms with Crippen molar-refractivity contribution in [1.82, 2.24) is 0 Å². The lowest BCUT2D eigenvalue weighted by atomic mass is 9.89. The van der Waals surface area contributed by atoms with Crippen molar-refractivity contribution >= 4 is 11.6 Å². The lowest BCUT2D eigenvalue weighted by Crippen LogP contribution is -3.10. The first kappa shape index (κ1) is 26.2. The van der Waals surface area contributed by atoms with E-state index >= 15 is 0 Å². The molecule has 2 aromatic carbocycles. The number of fused-ring (bicyclic) bond motifs is 1. The molecule has 4 rings (SSSR count). The molecule has 1 saturated heterocycles. The van der Waals surface area contributed by atoms with Crippen LogP contribution in [0, 0.1) is 5.92 Å². The fourth-order valence-corrected chi connectivity index (χ4v) is 5.09. The van der Waals surface area contributed by atoms with Crippen molar-refractivity contribution in [2.45, 2.75) is 64.6 Å². The predicted molar refractivity (Wildman–Crippen MR) is 136 cm³/mol. The van der Waals surface area contributed by atoms with Gasteiger partial charge in [-0.25, -0.2) is 0 Å². The number of likely N-dealkylation sites (tertiary alicyclic amines) is 1. The van der Waals surface area contributed by atoms with Crippen molar-refractivity contribution in [3.8, 4) is 17.2 Å². The Morgan fingerprint density at radius 2 is 1.72 bits per heavy atom. The third-order valence-corrected chi connectivity index (χ3v) is 6.94. The Balaban J connectivity index is 1.31. The summed E-state index contributed by atoms with van der Waals surface area (Å²) in [6, 6.07) is 12.7. The van der Waals surface area contributed by atoms with E-state index in [1.54, 1.807) is 24.3 Å². The van der Waals surface area contributed by atoms with Crippen LogP contribution in [0.5, 0.6) is 17.2 Å². The number of benzene rings is 2. The molecule has 0 bridgehead atoms. The topological polar surface area (TPSA) is 86.5 Å². The number of hydrogen-bond acceptors (Lipinski definition) is 6. The molecule has 0 aliphatic carbocycles. The van der Waals surface area contributed by atoms with E-state index in [1.165, 1.54) is 17.7 Å². The van der Waals surface area contributed by atoms with Crippen LogP contribution in [0.15, 0.2) is 42.5 Å². The van der Waals surface area contributed by atoms with Gasteiger partial charge in [-0.15, -0.1) is 0 Å². The van der Waals surface area contributed by atoms with Gasteiger partial charge >= 0.3 is 0 Å². The summed E-state index contributed by atoms with van der Waals surface area (Å²) < 4.78 is 16.5. The van der Waals surface area contributed by atoms with E-state index < -0.39 is 6.10 Å². The van der Waals surface area contributed by atoms with E-state index in [0.29, 0.717) is 42.7 Å². The first-order valence-corrected chi connectivity index (χ1v) is 13.1. The monoisotopic (exact) mass is 496 g/mol. The second-order valence-electron chi connectivity index (χ2n) is 10.2.